The molecule has 2 aromatic rings. The Kier molecular flexibility index (Phi) is 7.37. The minimum absolute atomic E-state index is 0.124. The number of nitrogens with zero attached hydrogens (tertiary/aromatic N) is 6. The van der Waals surface area contributed by atoms with E-state index in [0.717, 1.165) is 42.5 Å². The number of anilines is 1. The van der Waals surface area contributed by atoms with Gasteiger partial charge in [-0.25, -0.2) is 0 Å². The maximum atomic E-state index is 13.7. The van der Waals surface area contributed by atoms with Gasteiger partial charge in [0.1, 0.15) is 12.7 Å². The third-order valence-corrected chi connectivity index (χ3v) is 5.96. The molecule has 200 valence electrons. The molecular weight excluding hydrogens is 492 g/mol. The molecule has 2 aliphatic heterocycles. The van der Waals surface area contributed by atoms with Crippen molar-refractivity contribution in [3.8, 4) is 0 Å². The van der Waals surface area contributed by atoms with Crippen molar-refractivity contribution in [3.05, 3.63) is 10.4 Å². The molecule has 2 aromatic heterocycles. The molecule has 0 bridgehead atoms. The van der Waals surface area contributed by atoms with Crippen LogP contribution in [0.1, 0.15) is 46.3 Å². The average molecular weight is 521 g/mol. The van der Waals surface area contributed by atoms with Gasteiger partial charge in [-0.15, -0.1) is 10.2 Å². The fourth-order valence-corrected chi connectivity index (χ4v) is 4.47. The van der Waals surface area contributed by atoms with Gasteiger partial charge in [-0.1, -0.05) is 5.21 Å². The molecule has 2 aliphatic rings. The number of nitrogens with one attached hydrogen (secondary N) is 1. The van der Waals surface area contributed by atoms with Crippen molar-refractivity contribution in [1.29, 1.82) is 5.41 Å². The Hall–Kier alpha value is -4.08. The minimum atomic E-state index is -1.41. The highest BCUT2D eigenvalue weighted by atomic mass is 16.7. The first-order valence-corrected chi connectivity index (χ1v) is 11.7. The molecule has 4 heterocycles. The van der Waals surface area contributed by atoms with Crippen molar-refractivity contribution < 1.29 is 33.3 Å². The van der Waals surface area contributed by atoms with Crippen molar-refractivity contribution in [3.63, 3.8) is 0 Å². The van der Waals surface area contributed by atoms with Gasteiger partial charge in [-0.05, 0) is 19.3 Å². The van der Waals surface area contributed by atoms with Crippen molar-refractivity contribution in [2.75, 3.05) is 24.6 Å². The van der Waals surface area contributed by atoms with Crippen LogP contribution in [0.5, 0.6) is 0 Å². The number of ether oxygens (including phenoxy) is 4. The summed E-state index contributed by atoms with van der Waals surface area (Å²) in [6.45, 7) is 4.50. The Bertz CT molecular complexity index is 1280. The summed E-state index contributed by atoms with van der Waals surface area (Å²) < 4.78 is 23.3. The molecule has 16 heteroatoms. The largest absolute Gasteiger partial charge is 0.463 e. The van der Waals surface area contributed by atoms with E-state index in [1.54, 1.807) is 0 Å². The van der Waals surface area contributed by atoms with E-state index in [9.17, 15) is 19.2 Å². The van der Waals surface area contributed by atoms with Gasteiger partial charge in [0.25, 0.3) is 5.56 Å². The quantitative estimate of drug-likeness (QED) is 0.204. The fourth-order valence-electron chi connectivity index (χ4n) is 4.47. The number of carbonyl (C=O) groups excluding carboxylic acids is 3. The highest BCUT2D eigenvalue weighted by Crippen LogP contribution is 2.34. The molecule has 0 aromatic carbocycles. The average Bonchev–Trinajstić information content (AvgIpc) is 3.38. The third kappa shape index (κ3) is 5.23. The molecule has 0 saturated carbocycles. The molecule has 2 saturated heterocycles. The summed E-state index contributed by atoms with van der Waals surface area (Å²) in [7, 11) is 0. The zero-order valence-corrected chi connectivity index (χ0v) is 20.6. The van der Waals surface area contributed by atoms with Crippen LogP contribution in [0.15, 0.2) is 4.79 Å². The lowest BCUT2D eigenvalue weighted by Gasteiger charge is -2.26. The summed E-state index contributed by atoms with van der Waals surface area (Å²) >= 11 is 0. The van der Waals surface area contributed by atoms with Crippen LogP contribution in [0.3, 0.4) is 0 Å². The molecule has 0 aliphatic carbocycles. The lowest BCUT2D eigenvalue weighted by Crippen LogP contribution is -2.42. The summed E-state index contributed by atoms with van der Waals surface area (Å²) in [5.41, 5.74) is 4.96. The number of carbonyl (C=O) groups is 3. The molecule has 4 unspecified atom stereocenters. The summed E-state index contributed by atoms with van der Waals surface area (Å²) in [5.74, 6) is -2.22. The van der Waals surface area contributed by atoms with Gasteiger partial charge < -0.3 is 29.6 Å². The molecule has 0 amide bonds. The highest BCUT2D eigenvalue weighted by molar-refractivity contribution is 5.94. The van der Waals surface area contributed by atoms with E-state index < -0.39 is 54.0 Å². The van der Waals surface area contributed by atoms with Gasteiger partial charge in [0.05, 0.1) is 0 Å². The van der Waals surface area contributed by atoms with Crippen LogP contribution in [0.2, 0.25) is 0 Å². The number of rotatable bonds is 6. The van der Waals surface area contributed by atoms with E-state index in [4.69, 9.17) is 30.1 Å². The third-order valence-electron chi connectivity index (χ3n) is 5.96. The molecule has 16 nitrogen and oxygen atoms in total. The zero-order chi connectivity index (χ0) is 26.9. The first-order valence-electron chi connectivity index (χ1n) is 11.7. The number of nitrogen functional groups attached to an aromatic ring is 1. The number of fused-ring (bicyclic) bond motifs is 1. The molecule has 4 rings (SSSR count). The monoisotopic (exact) mass is 520 g/mol. The van der Waals surface area contributed by atoms with E-state index in [2.05, 4.69) is 15.4 Å². The van der Waals surface area contributed by atoms with Crippen LogP contribution in [-0.2, 0) is 33.3 Å². The second kappa shape index (κ2) is 10.5. The van der Waals surface area contributed by atoms with Crippen molar-refractivity contribution in [2.24, 2.45) is 5.73 Å². The molecule has 4 atom stereocenters. The maximum Gasteiger partial charge on any atom is 0.303 e. The highest BCUT2D eigenvalue weighted by Gasteiger charge is 2.51. The van der Waals surface area contributed by atoms with Gasteiger partial charge in [0.2, 0.25) is 5.96 Å². The topological polar surface area (TPSA) is 207 Å². The van der Waals surface area contributed by atoms with Crippen LogP contribution in [-0.4, -0.2) is 86.7 Å². The van der Waals surface area contributed by atoms with Crippen LogP contribution < -0.4 is 16.2 Å². The molecule has 2 fully saturated rings. The molecule has 3 N–H and O–H groups in total. The molecular formula is C21H28N8O8. The molecule has 0 spiro atoms. The standard InChI is InChI=1S/C21H28N8O8/c1-10(30)34-9-13-16(35-11(2)31)17(36-12(3)32)20(37-13)29-19(33)15-14(24-26-29)18(25-28(15)21(22)23)27-7-5-4-6-8-27/h13,16-17,20H,4-9H2,1-3H3,(H3,22,23). The summed E-state index contributed by atoms with van der Waals surface area (Å²) in [4.78, 5) is 50.7. The zero-order valence-electron chi connectivity index (χ0n) is 20.6. The molecule has 0 radical (unpaired) electrons. The first-order chi connectivity index (χ1) is 17.6. The maximum absolute atomic E-state index is 13.7. The van der Waals surface area contributed by atoms with Gasteiger partial charge in [0.15, 0.2) is 35.3 Å². The van der Waals surface area contributed by atoms with Crippen LogP contribution in [0.25, 0.3) is 11.0 Å². The Labute approximate surface area is 210 Å². The van der Waals surface area contributed by atoms with Gasteiger partial charge in [-0.2, -0.15) is 9.36 Å². The van der Waals surface area contributed by atoms with E-state index in [0.29, 0.717) is 18.9 Å². The number of hydrogen-bond donors (Lipinski definition) is 2. The number of aromatic nitrogens is 5. The number of piperidine rings is 1. The SMILES string of the molecule is CC(=O)OCC1OC(n2nnc3c(N4CCCCC4)nn(C(=N)N)c3c2=O)C(OC(C)=O)C1OC(C)=O. The van der Waals surface area contributed by atoms with Crippen LogP contribution >= 0.6 is 0 Å². The van der Waals surface area contributed by atoms with E-state index in [1.807, 2.05) is 4.90 Å². The Morgan fingerprint density at radius 3 is 2.30 bits per heavy atom. The summed E-state index contributed by atoms with van der Waals surface area (Å²) in [5, 5.41) is 20.5. The Balaban J connectivity index is 1.81. The number of nitrogens with two attached hydrogens (primary N) is 1. The van der Waals surface area contributed by atoms with E-state index in [-0.39, 0.29) is 17.6 Å². The predicted octanol–water partition coefficient (Wildman–Crippen LogP) is -0.956. The van der Waals surface area contributed by atoms with E-state index in [1.165, 1.54) is 6.92 Å². The lowest BCUT2D eigenvalue weighted by molar-refractivity contribution is -0.166. The summed E-state index contributed by atoms with van der Waals surface area (Å²) in [6, 6.07) is 0. The van der Waals surface area contributed by atoms with Crippen LogP contribution in [0, 0.1) is 5.41 Å². The van der Waals surface area contributed by atoms with Crippen molar-refractivity contribution >= 4 is 40.7 Å². The van der Waals surface area contributed by atoms with E-state index >= 15 is 0 Å². The smallest absolute Gasteiger partial charge is 0.303 e. The normalized spacial score (nSPS) is 23.6. The summed E-state index contributed by atoms with van der Waals surface area (Å²) in [6.07, 6.45) is -2.13. The first kappa shape index (κ1) is 26.0. The Morgan fingerprint density at radius 2 is 1.70 bits per heavy atom. The lowest BCUT2D eigenvalue weighted by atomic mass is 10.1. The molecule has 37 heavy (non-hydrogen) atoms. The van der Waals surface area contributed by atoms with Gasteiger partial charge in [-0.3, -0.25) is 24.6 Å². The minimum Gasteiger partial charge on any atom is -0.463 e. The van der Waals surface area contributed by atoms with Crippen molar-refractivity contribution in [2.45, 2.75) is 64.6 Å². The number of hydrogen-bond acceptors (Lipinski definition) is 13. The van der Waals surface area contributed by atoms with Crippen molar-refractivity contribution in [1.82, 2.24) is 24.8 Å². The number of esters is 3. The van der Waals surface area contributed by atoms with Crippen LogP contribution in [0.4, 0.5) is 5.82 Å². The van der Waals surface area contributed by atoms with Gasteiger partial charge >= 0.3 is 17.9 Å². The Morgan fingerprint density at radius 1 is 1.05 bits per heavy atom. The van der Waals surface area contributed by atoms with Gasteiger partial charge in [0, 0.05) is 33.9 Å². The second-order valence-electron chi connectivity index (χ2n) is 8.72. The predicted molar refractivity (Wildman–Crippen MR) is 125 cm³/mol. The fraction of sp³-hybridized carbons (Fsp3) is 0.619. The second-order valence-corrected chi connectivity index (χ2v) is 8.72.